The van der Waals surface area contributed by atoms with Crippen molar-refractivity contribution in [3.63, 3.8) is 0 Å². The molecule has 1 nitrogen and oxygen atoms in total. The van der Waals surface area contributed by atoms with E-state index in [1.165, 1.54) is 45.2 Å². The first kappa shape index (κ1) is 10.6. The topological polar surface area (TPSA) is 3.24 Å². The van der Waals surface area contributed by atoms with Crippen LogP contribution in [0.4, 0.5) is 0 Å². The summed E-state index contributed by atoms with van der Waals surface area (Å²) in [7, 11) is 0. The first-order valence-electron chi connectivity index (χ1n) is 5.56. The predicted molar refractivity (Wildman–Crippen MR) is 57.6 cm³/mol. The molecule has 0 bridgehead atoms. The van der Waals surface area contributed by atoms with Crippen molar-refractivity contribution in [3.05, 3.63) is 0 Å². The average molecular weight is 179 g/mol. The molecule has 1 aliphatic carbocycles. The second kappa shape index (κ2) is 6.05. The van der Waals surface area contributed by atoms with Gasteiger partial charge in [-0.1, -0.05) is 19.8 Å². The minimum Gasteiger partial charge on any atom is -0.301 e. The van der Waals surface area contributed by atoms with E-state index in [9.17, 15) is 0 Å². The maximum absolute atomic E-state index is 5.24. The maximum Gasteiger partial charge on any atom is 0.00982 e. The van der Waals surface area contributed by atoms with Crippen molar-refractivity contribution in [2.24, 2.45) is 0 Å². The van der Waals surface area contributed by atoms with Gasteiger partial charge in [-0.25, -0.2) is 0 Å². The second-order valence-corrected chi connectivity index (χ2v) is 3.87. The van der Waals surface area contributed by atoms with Gasteiger partial charge in [0.1, 0.15) is 0 Å². The smallest absolute Gasteiger partial charge is 0.00982 e. The summed E-state index contributed by atoms with van der Waals surface area (Å²) < 4.78 is 0. The maximum atomic E-state index is 5.24. The Labute approximate surface area is 82.5 Å². The van der Waals surface area contributed by atoms with Gasteiger partial charge in [0.25, 0.3) is 0 Å². The van der Waals surface area contributed by atoms with Gasteiger partial charge in [-0.05, 0) is 32.4 Å². The van der Waals surface area contributed by atoms with E-state index in [0.717, 1.165) is 12.5 Å². The molecule has 0 spiro atoms. The lowest BCUT2D eigenvalue weighted by molar-refractivity contribution is 0.207. The lowest BCUT2D eigenvalue weighted by Gasteiger charge is -2.26. The first-order valence-corrected chi connectivity index (χ1v) is 5.56. The fourth-order valence-electron chi connectivity index (χ4n) is 2.25. The van der Waals surface area contributed by atoms with Gasteiger partial charge in [0, 0.05) is 12.5 Å². The Bertz CT molecular complexity index is 162. The first-order chi connectivity index (χ1) is 6.38. The molecule has 0 N–H and O–H groups in total. The zero-order valence-corrected chi connectivity index (χ0v) is 8.76. The van der Waals surface area contributed by atoms with Crippen LogP contribution in [-0.4, -0.2) is 24.0 Å². The molecule has 0 saturated heterocycles. The lowest BCUT2D eigenvalue weighted by Crippen LogP contribution is -2.33. The summed E-state index contributed by atoms with van der Waals surface area (Å²) in [5, 5.41) is 0. The molecule has 0 unspecified atom stereocenters. The van der Waals surface area contributed by atoms with Crippen molar-refractivity contribution in [2.75, 3.05) is 13.1 Å². The summed E-state index contributed by atoms with van der Waals surface area (Å²) >= 11 is 0. The van der Waals surface area contributed by atoms with Crippen LogP contribution in [0.3, 0.4) is 0 Å². The van der Waals surface area contributed by atoms with Gasteiger partial charge in [0.05, 0.1) is 0 Å². The van der Waals surface area contributed by atoms with Crippen LogP contribution in [0.5, 0.6) is 0 Å². The average Bonchev–Trinajstić information content (AvgIpc) is 2.65. The van der Waals surface area contributed by atoms with Gasteiger partial charge < -0.3 is 4.90 Å². The van der Waals surface area contributed by atoms with Crippen LogP contribution in [-0.2, 0) is 0 Å². The highest BCUT2D eigenvalue weighted by Gasteiger charge is 2.20. The molecule has 0 radical (unpaired) electrons. The Morgan fingerprint density at radius 1 is 1.38 bits per heavy atom. The summed E-state index contributed by atoms with van der Waals surface area (Å²) in [4.78, 5) is 2.60. The monoisotopic (exact) mass is 179 g/mol. The normalized spacial score (nSPS) is 17.9. The van der Waals surface area contributed by atoms with Gasteiger partial charge >= 0.3 is 0 Å². The minimum absolute atomic E-state index is 0.864. The molecule has 0 aliphatic heterocycles. The molecule has 0 atom stereocenters. The summed E-state index contributed by atoms with van der Waals surface area (Å²) in [5.74, 6) is 2.71. The highest BCUT2D eigenvalue weighted by atomic mass is 15.1. The van der Waals surface area contributed by atoms with Gasteiger partial charge in [0.15, 0.2) is 0 Å². The molecule has 0 heterocycles. The fraction of sp³-hybridized carbons (Fsp3) is 0.833. The summed E-state index contributed by atoms with van der Waals surface area (Å²) in [6, 6.07) is 0.864. The third-order valence-electron chi connectivity index (χ3n) is 3.01. The number of unbranched alkanes of at least 4 members (excludes halogenated alkanes) is 1. The SMILES string of the molecule is C#CCCCN(CC)C1CCCC1. The molecule has 0 aromatic rings. The van der Waals surface area contributed by atoms with Crippen LogP contribution in [0.1, 0.15) is 45.4 Å². The largest absolute Gasteiger partial charge is 0.301 e. The van der Waals surface area contributed by atoms with Crippen molar-refractivity contribution in [1.82, 2.24) is 4.90 Å². The van der Waals surface area contributed by atoms with Crippen LogP contribution >= 0.6 is 0 Å². The molecular weight excluding hydrogens is 158 g/mol. The highest BCUT2D eigenvalue weighted by Crippen LogP contribution is 2.23. The summed E-state index contributed by atoms with van der Waals surface area (Å²) in [6.45, 7) is 4.65. The number of nitrogens with zero attached hydrogens (tertiary/aromatic N) is 1. The molecule has 1 heteroatoms. The van der Waals surface area contributed by atoms with E-state index >= 15 is 0 Å². The summed E-state index contributed by atoms with van der Waals surface area (Å²) in [6.07, 6.45) is 13.0. The molecule has 1 fully saturated rings. The van der Waals surface area contributed by atoms with Crippen molar-refractivity contribution in [2.45, 2.75) is 51.5 Å². The van der Waals surface area contributed by atoms with E-state index < -0.39 is 0 Å². The van der Waals surface area contributed by atoms with E-state index in [1.807, 2.05) is 0 Å². The molecule has 74 valence electrons. The summed E-state index contributed by atoms with van der Waals surface area (Å²) in [5.41, 5.74) is 0. The molecule has 0 amide bonds. The molecule has 0 aromatic heterocycles. The zero-order chi connectivity index (χ0) is 9.52. The van der Waals surface area contributed by atoms with E-state index in [1.54, 1.807) is 0 Å². The molecular formula is C12H21N. The quantitative estimate of drug-likeness (QED) is 0.463. The van der Waals surface area contributed by atoms with Gasteiger partial charge in [0.2, 0.25) is 0 Å². The zero-order valence-electron chi connectivity index (χ0n) is 8.76. The third-order valence-corrected chi connectivity index (χ3v) is 3.01. The Balaban J connectivity index is 2.21. The van der Waals surface area contributed by atoms with E-state index in [4.69, 9.17) is 6.42 Å². The molecule has 1 aliphatic rings. The number of hydrogen-bond donors (Lipinski definition) is 0. The number of terminal acetylenes is 1. The Morgan fingerprint density at radius 2 is 2.08 bits per heavy atom. The lowest BCUT2D eigenvalue weighted by atomic mass is 10.2. The van der Waals surface area contributed by atoms with E-state index in [0.29, 0.717) is 0 Å². The Hall–Kier alpha value is -0.480. The molecule has 1 rings (SSSR count). The van der Waals surface area contributed by atoms with Crippen LogP contribution in [0.15, 0.2) is 0 Å². The highest BCUT2D eigenvalue weighted by molar-refractivity contribution is 4.84. The van der Waals surface area contributed by atoms with Crippen LogP contribution in [0.25, 0.3) is 0 Å². The Morgan fingerprint density at radius 3 is 2.62 bits per heavy atom. The number of hydrogen-bond acceptors (Lipinski definition) is 1. The van der Waals surface area contributed by atoms with E-state index in [-0.39, 0.29) is 0 Å². The Kier molecular flexibility index (Phi) is 4.93. The predicted octanol–water partition coefficient (Wildman–Crippen LogP) is 2.66. The van der Waals surface area contributed by atoms with Gasteiger partial charge in [-0.15, -0.1) is 12.3 Å². The van der Waals surface area contributed by atoms with Gasteiger partial charge in [-0.3, -0.25) is 0 Å². The van der Waals surface area contributed by atoms with E-state index in [2.05, 4.69) is 17.7 Å². The van der Waals surface area contributed by atoms with Crippen LogP contribution in [0, 0.1) is 12.3 Å². The molecule has 1 saturated carbocycles. The van der Waals surface area contributed by atoms with Crippen LogP contribution < -0.4 is 0 Å². The minimum atomic E-state index is 0.864. The van der Waals surface area contributed by atoms with Crippen LogP contribution in [0.2, 0.25) is 0 Å². The fourth-order valence-corrected chi connectivity index (χ4v) is 2.25. The van der Waals surface area contributed by atoms with Crippen molar-refractivity contribution >= 4 is 0 Å². The third kappa shape index (κ3) is 3.40. The van der Waals surface area contributed by atoms with Gasteiger partial charge in [-0.2, -0.15) is 0 Å². The van der Waals surface area contributed by atoms with Crippen molar-refractivity contribution < 1.29 is 0 Å². The molecule has 13 heavy (non-hydrogen) atoms. The second-order valence-electron chi connectivity index (χ2n) is 3.87. The standard InChI is InChI=1S/C12H21N/c1-3-5-8-11-13(4-2)12-9-6-7-10-12/h1,12H,4-11H2,2H3. The number of rotatable bonds is 5. The van der Waals surface area contributed by atoms with Crippen molar-refractivity contribution in [1.29, 1.82) is 0 Å². The van der Waals surface area contributed by atoms with Crippen molar-refractivity contribution in [3.8, 4) is 12.3 Å². The molecule has 0 aromatic carbocycles.